The summed E-state index contributed by atoms with van der Waals surface area (Å²) in [7, 11) is 0. The molecule has 0 bridgehead atoms. The SMILES string of the molecule is CCc1ccccc1NC(=O)C1CCCN(Cc2nc(-c3ccccc3Cl)no2)C1. The molecule has 0 saturated carbocycles. The van der Waals surface area contributed by atoms with E-state index in [1.807, 2.05) is 36.4 Å². The number of anilines is 1. The van der Waals surface area contributed by atoms with Crippen molar-refractivity contribution < 1.29 is 9.32 Å². The van der Waals surface area contributed by atoms with Crippen LogP contribution in [0.3, 0.4) is 0 Å². The summed E-state index contributed by atoms with van der Waals surface area (Å²) in [6, 6.07) is 15.4. The Bertz CT molecular complexity index is 1020. The molecular weight excluding hydrogens is 400 g/mol. The number of nitrogens with zero attached hydrogens (tertiary/aromatic N) is 3. The number of amides is 1. The topological polar surface area (TPSA) is 71.3 Å². The van der Waals surface area contributed by atoms with Gasteiger partial charge in [0.15, 0.2) is 0 Å². The van der Waals surface area contributed by atoms with Crippen molar-refractivity contribution in [2.24, 2.45) is 5.92 Å². The van der Waals surface area contributed by atoms with Crippen molar-refractivity contribution >= 4 is 23.2 Å². The van der Waals surface area contributed by atoms with Gasteiger partial charge in [-0.25, -0.2) is 0 Å². The molecule has 1 fully saturated rings. The Kier molecular flexibility index (Phi) is 6.45. The van der Waals surface area contributed by atoms with Crippen LogP contribution in [0.25, 0.3) is 11.4 Å². The monoisotopic (exact) mass is 424 g/mol. The van der Waals surface area contributed by atoms with Crippen molar-refractivity contribution in [3.63, 3.8) is 0 Å². The van der Waals surface area contributed by atoms with Gasteiger partial charge in [0.25, 0.3) is 0 Å². The number of benzene rings is 2. The molecule has 4 rings (SSSR count). The summed E-state index contributed by atoms with van der Waals surface area (Å²) in [4.78, 5) is 19.5. The van der Waals surface area contributed by atoms with Gasteiger partial charge in [0, 0.05) is 17.8 Å². The zero-order valence-electron chi connectivity index (χ0n) is 17.0. The molecule has 0 aliphatic carbocycles. The Morgan fingerprint density at radius 3 is 2.87 bits per heavy atom. The van der Waals surface area contributed by atoms with Crippen LogP contribution < -0.4 is 5.32 Å². The Labute approximate surface area is 181 Å². The number of aromatic nitrogens is 2. The highest BCUT2D eigenvalue weighted by Gasteiger charge is 2.27. The standard InChI is InChI=1S/C23H25ClN4O2/c1-2-16-8-3-6-12-20(16)25-23(29)17-9-7-13-28(14-17)15-21-26-22(27-30-21)18-10-4-5-11-19(18)24/h3-6,8,10-12,17H,2,7,9,13-15H2,1H3,(H,25,29). The molecule has 1 aliphatic rings. The van der Waals surface area contributed by atoms with Crippen LogP contribution in [-0.2, 0) is 17.8 Å². The van der Waals surface area contributed by atoms with Crippen LogP contribution >= 0.6 is 11.6 Å². The third-order valence-corrected chi connectivity index (χ3v) is 5.80. The number of rotatable bonds is 6. The van der Waals surface area contributed by atoms with E-state index in [9.17, 15) is 4.79 Å². The van der Waals surface area contributed by atoms with Gasteiger partial charge in [-0.05, 0) is 49.6 Å². The van der Waals surface area contributed by atoms with E-state index in [4.69, 9.17) is 16.1 Å². The van der Waals surface area contributed by atoms with Crippen LogP contribution in [-0.4, -0.2) is 34.0 Å². The van der Waals surface area contributed by atoms with Gasteiger partial charge < -0.3 is 9.84 Å². The first-order valence-corrected chi connectivity index (χ1v) is 10.7. The van der Waals surface area contributed by atoms with Gasteiger partial charge in [-0.15, -0.1) is 0 Å². The summed E-state index contributed by atoms with van der Waals surface area (Å²) in [5.41, 5.74) is 2.81. The van der Waals surface area contributed by atoms with Crippen molar-refractivity contribution in [2.75, 3.05) is 18.4 Å². The van der Waals surface area contributed by atoms with E-state index in [1.165, 1.54) is 0 Å². The number of halogens is 1. The first-order chi connectivity index (χ1) is 14.6. The lowest BCUT2D eigenvalue weighted by Gasteiger charge is -2.31. The second kappa shape index (κ2) is 9.41. The molecule has 1 aromatic heterocycles. The third-order valence-electron chi connectivity index (χ3n) is 5.47. The lowest BCUT2D eigenvalue weighted by Crippen LogP contribution is -2.40. The minimum atomic E-state index is -0.0605. The van der Waals surface area contributed by atoms with Crippen LogP contribution in [0, 0.1) is 5.92 Å². The summed E-state index contributed by atoms with van der Waals surface area (Å²) in [5.74, 6) is 1.03. The molecule has 3 aromatic rings. The molecule has 0 radical (unpaired) electrons. The van der Waals surface area contributed by atoms with Crippen molar-refractivity contribution in [1.29, 1.82) is 0 Å². The van der Waals surface area contributed by atoms with Gasteiger partial charge in [-0.2, -0.15) is 4.98 Å². The second-order valence-corrected chi connectivity index (χ2v) is 7.97. The molecule has 2 aromatic carbocycles. The quantitative estimate of drug-likeness (QED) is 0.615. The number of piperidine rings is 1. The summed E-state index contributed by atoms with van der Waals surface area (Å²) in [6.07, 6.45) is 2.72. The van der Waals surface area contributed by atoms with E-state index in [0.717, 1.165) is 42.6 Å². The number of carbonyl (C=O) groups excluding carboxylic acids is 1. The third kappa shape index (κ3) is 4.71. The number of nitrogens with one attached hydrogen (secondary N) is 1. The molecule has 7 heteroatoms. The van der Waals surface area contributed by atoms with Gasteiger partial charge in [0.2, 0.25) is 17.6 Å². The Hall–Kier alpha value is -2.70. The van der Waals surface area contributed by atoms with Crippen LogP contribution in [0.15, 0.2) is 53.1 Å². The normalized spacial score (nSPS) is 17.1. The lowest BCUT2D eigenvalue weighted by molar-refractivity contribution is -0.121. The molecule has 1 amide bonds. The minimum absolute atomic E-state index is 0.0605. The van der Waals surface area contributed by atoms with Crippen molar-refractivity contribution in [2.45, 2.75) is 32.7 Å². The number of aryl methyl sites for hydroxylation is 1. The number of likely N-dealkylation sites (tertiary alicyclic amines) is 1. The maximum atomic E-state index is 12.9. The fourth-order valence-corrected chi connectivity index (χ4v) is 4.08. The van der Waals surface area contributed by atoms with Crippen molar-refractivity contribution in [3.05, 3.63) is 65.0 Å². The molecule has 2 heterocycles. The van der Waals surface area contributed by atoms with Crippen LogP contribution in [0.4, 0.5) is 5.69 Å². The molecule has 0 spiro atoms. The van der Waals surface area contributed by atoms with Crippen LogP contribution in [0.2, 0.25) is 5.02 Å². The first kappa shape index (κ1) is 20.6. The fraction of sp³-hybridized carbons (Fsp3) is 0.348. The smallest absolute Gasteiger partial charge is 0.241 e. The predicted octanol–water partition coefficient (Wildman–Crippen LogP) is 4.80. The lowest BCUT2D eigenvalue weighted by atomic mass is 9.96. The summed E-state index contributed by atoms with van der Waals surface area (Å²) in [5, 5.41) is 7.77. The van der Waals surface area contributed by atoms with E-state index in [-0.39, 0.29) is 11.8 Å². The maximum Gasteiger partial charge on any atom is 0.241 e. The Morgan fingerprint density at radius 2 is 2.03 bits per heavy atom. The molecule has 1 atom stereocenters. The molecule has 1 unspecified atom stereocenters. The van der Waals surface area contributed by atoms with E-state index < -0.39 is 0 Å². The van der Waals surface area contributed by atoms with E-state index in [2.05, 4.69) is 33.3 Å². The average molecular weight is 425 g/mol. The van der Waals surface area contributed by atoms with Crippen LogP contribution in [0.1, 0.15) is 31.2 Å². The van der Waals surface area contributed by atoms with E-state index in [1.54, 1.807) is 6.07 Å². The minimum Gasteiger partial charge on any atom is -0.338 e. The van der Waals surface area contributed by atoms with Gasteiger partial charge in [0.05, 0.1) is 17.5 Å². The highest BCUT2D eigenvalue weighted by molar-refractivity contribution is 6.33. The molecule has 1 N–H and O–H groups in total. The largest absolute Gasteiger partial charge is 0.338 e. The van der Waals surface area contributed by atoms with E-state index in [0.29, 0.717) is 29.8 Å². The maximum absolute atomic E-state index is 12.9. The number of para-hydroxylation sites is 1. The molecule has 1 saturated heterocycles. The van der Waals surface area contributed by atoms with Gasteiger partial charge >= 0.3 is 0 Å². The highest BCUT2D eigenvalue weighted by atomic mass is 35.5. The van der Waals surface area contributed by atoms with Crippen LogP contribution in [0.5, 0.6) is 0 Å². The first-order valence-electron chi connectivity index (χ1n) is 10.3. The van der Waals surface area contributed by atoms with Gasteiger partial charge in [0.1, 0.15) is 0 Å². The molecule has 156 valence electrons. The van der Waals surface area contributed by atoms with E-state index >= 15 is 0 Å². The fourth-order valence-electron chi connectivity index (χ4n) is 3.86. The van der Waals surface area contributed by atoms with Gasteiger partial charge in [-0.3, -0.25) is 9.69 Å². The van der Waals surface area contributed by atoms with Crippen molar-refractivity contribution in [3.8, 4) is 11.4 Å². The Balaban J connectivity index is 1.39. The summed E-state index contributed by atoms with van der Waals surface area (Å²) < 4.78 is 5.44. The zero-order valence-corrected chi connectivity index (χ0v) is 17.7. The number of carbonyl (C=O) groups is 1. The molecule has 30 heavy (non-hydrogen) atoms. The second-order valence-electron chi connectivity index (χ2n) is 7.57. The molecule has 6 nitrogen and oxygen atoms in total. The molecule has 1 aliphatic heterocycles. The average Bonchev–Trinajstić information content (AvgIpc) is 3.22. The summed E-state index contributed by atoms with van der Waals surface area (Å²) in [6.45, 7) is 4.18. The number of hydrogen-bond acceptors (Lipinski definition) is 5. The molecular formula is C23H25ClN4O2. The number of hydrogen-bond donors (Lipinski definition) is 1. The van der Waals surface area contributed by atoms with Crippen molar-refractivity contribution in [1.82, 2.24) is 15.0 Å². The zero-order chi connectivity index (χ0) is 20.9. The predicted molar refractivity (Wildman–Crippen MR) is 117 cm³/mol. The highest BCUT2D eigenvalue weighted by Crippen LogP contribution is 2.26. The summed E-state index contributed by atoms with van der Waals surface area (Å²) >= 11 is 6.23. The Morgan fingerprint density at radius 1 is 1.23 bits per heavy atom. The van der Waals surface area contributed by atoms with Gasteiger partial charge in [-0.1, -0.05) is 54.0 Å².